The maximum Gasteiger partial charge on any atom is 0.0771 e. The van der Waals surface area contributed by atoms with Gasteiger partial charge in [-0.15, -0.1) is 0 Å². The molecule has 0 aliphatic carbocycles. The zero-order valence-corrected chi connectivity index (χ0v) is 8.38. The highest BCUT2D eigenvalue weighted by molar-refractivity contribution is 7.80. The summed E-state index contributed by atoms with van der Waals surface area (Å²) in [6.07, 6.45) is 0.651. The molecule has 0 aliphatic heterocycles. The van der Waals surface area contributed by atoms with Gasteiger partial charge in [0.05, 0.1) is 4.99 Å². The van der Waals surface area contributed by atoms with Gasteiger partial charge in [0.2, 0.25) is 0 Å². The summed E-state index contributed by atoms with van der Waals surface area (Å²) in [5.41, 5.74) is 7.71. The Kier molecular flexibility index (Phi) is 3.06. The monoisotopic (exact) mass is 199 g/mol. The van der Waals surface area contributed by atoms with Gasteiger partial charge in [0.25, 0.3) is 0 Å². The molecule has 1 rings (SSSR count). The average molecular weight is 200 g/mol. The molecule has 0 radical (unpaired) electrons. The molecule has 0 unspecified atom stereocenters. The number of aryl methyl sites for hydroxylation is 1. The van der Waals surface area contributed by atoms with Crippen molar-refractivity contribution in [1.82, 2.24) is 0 Å². The van der Waals surface area contributed by atoms with Crippen molar-refractivity contribution in [3.63, 3.8) is 0 Å². The molecule has 0 fully saturated rings. The molecule has 64 valence electrons. The lowest BCUT2D eigenvalue weighted by molar-refractivity contribution is 1.26. The minimum absolute atomic E-state index is 0.514. The standard InChI is InChI=1S/C9H10ClNS/c1-6-4-8(10)3-2-7(6)5-9(11)12/h2-4H,5H2,1H3,(H2,11,12). The first kappa shape index (κ1) is 9.49. The Balaban J connectivity index is 2.93. The Morgan fingerprint density at radius 1 is 1.58 bits per heavy atom. The highest BCUT2D eigenvalue weighted by Gasteiger charge is 1.99. The second-order valence-electron chi connectivity index (χ2n) is 2.71. The summed E-state index contributed by atoms with van der Waals surface area (Å²) in [4.78, 5) is 0.514. The van der Waals surface area contributed by atoms with E-state index in [0.29, 0.717) is 11.4 Å². The third kappa shape index (κ3) is 2.47. The molecule has 0 saturated heterocycles. The van der Waals surface area contributed by atoms with Crippen LogP contribution in [0.15, 0.2) is 18.2 Å². The van der Waals surface area contributed by atoms with E-state index in [0.717, 1.165) is 16.1 Å². The summed E-state index contributed by atoms with van der Waals surface area (Å²) < 4.78 is 0. The van der Waals surface area contributed by atoms with Crippen LogP contribution in [0, 0.1) is 6.92 Å². The molecule has 0 saturated carbocycles. The van der Waals surface area contributed by atoms with Crippen LogP contribution in [0.25, 0.3) is 0 Å². The topological polar surface area (TPSA) is 26.0 Å². The zero-order chi connectivity index (χ0) is 9.14. The average Bonchev–Trinajstić information content (AvgIpc) is 1.94. The molecule has 0 amide bonds. The first-order valence-corrected chi connectivity index (χ1v) is 4.41. The molecule has 0 heterocycles. The summed E-state index contributed by atoms with van der Waals surface area (Å²) in [5.74, 6) is 0. The first-order valence-electron chi connectivity index (χ1n) is 3.63. The van der Waals surface area contributed by atoms with E-state index in [4.69, 9.17) is 29.6 Å². The van der Waals surface area contributed by atoms with Gasteiger partial charge >= 0.3 is 0 Å². The van der Waals surface area contributed by atoms with E-state index in [9.17, 15) is 0 Å². The van der Waals surface area contributed by atoms with E-state index < -0.39 is 0 Å². The minimum atomic E-state index is 0.514. The summed E-state index contributed by atoms with van der Waals surface area (Å²) in [7, 11) is 0. The van der Waals surface area contributed by atoms with Crippen LogP contribution < -0.4 is 5.73 Å². The number of rotatable bonds is 2. The molecule has 1 aromatic carbocycles. The number of benzene rings is 1. The molecular weight excluding hydrogens is 190 g/mol. The van der Waals surface area contributed by atoms with Crippen molar-refractivity contribution < 1.29 is 0 Å². The summed E-state index contributed by atoms with van der Waals surface area (Å²) in [6, 6.07) is 5.72. The lowest BCUT2D eigenvalue weighted by Crippen LogP contribution is -2.11. The van der Waals surface area contributed by atoms with Crippen LogP contribution in [-0.4, -0.2) is 4.99 Å². The van der Waals surface area contributed by atoms with Crippen LogP contribution in [0.1, 0.15) is 11.1 Å². The first-order chi connectivity index (χ1) is 5.59. The van der Waals surface area contributed by atoms with Gasteiger partial charge in [-0.2, -0.15) is 0 Å². The SMILES string of the molecule is Cc1cc(Cl)ccc1CC(N)=S. The van der Waals surface area contributed by atoms with Gasteiger partial charge in [-0.3, -0.25) is 0 Å². The fourth-order valence-electron chi connectivity index (χ4n) is 1.05. The van der Waals surface area contributed by atoms with Crippen LogP contribution >= 0.6 is 23.8 Å². The van der Waals surface area contributed by atoms with Gasteiger partial charge in [0.1, 0.15) is 0 Å². The number of hydrogen-bond acceptors (Lipinski definition) is 1. The highest BCUT2D eigenvalue weighted by Crippen LogP contribution is 2.15. The Morgan fingerprint density at radius 2 is 2.25 bits per heavy atom. The lowest BCUT2D eigenvalue weighted by atomic mass is 10.1. The van der Waals surface area contributed by atoms with E-state index in [-0.39, 0.29) is 0 Å². The normalized spacial score (nSPS) is 9.83. The number of nitrogens with two attached hydrogens (primary N) is 1. The van der Waals surface area contributed by atoms with Crippen LogP contribution in [0.5, 0.6) is 0 Å². The van der Waals surface area contributed by atoms with Gasteiger partial charge in [-0.25, -0.2) is 0 Å². The van der Waals surface area contributed by atoms with Crippen molar-refractivity contribution in [3.05, 3.63) is 34.3 Å². The number of hydrogen-bond donors (Lipinski definition) is 1. The van der Waals surface area contributed by atoms with E-state index >= 15 is 0 Å². The molecule has 12 heavy (non-hydrogen) atoms. The zero-order valence-electron chi connectivity index (χ0n) is 6.80. The van der Waals surface area contributed by atoms with Gasteiger partial charge in [-0.05, 0) is 30.2 Å². The summed E-state index contributed by atoms with van der Waals surface area (Å²) in [5, 5.41) is 0.749. The fraction of sp³-hybridized carbons (Fsp3) is 0.222. The van der Waals surface area contributed by atoms with Crippen molar-refractivity contribution in [1.29, 1.82) is 0 Å². The molecule has 2 N–H and O–H groups in total. The predicted octanol–water partition coefficient (Wildman–Crippen LogP) is 2.48. The van der Waals surface area contributed by atoms with E-state index in [1.165, 1.54) is 0 Å². The molecule has 3 heteroatoms. The molecule has 0 atom stereocenters. The van der Waals surface area contributed by atoms with Crippen LogP contribution in [0.4, 0.5) is 0 Å². The van der Waals surface area contributed by atoms with Crippen LogP contribution in [0.3, 0.4) is 0 Å². The van der Waals surface area contributed by atoms with E-state index in [1.54, 1.807) is 0 Å². The second kappa shape index (κ2) is 3.87. The summed E-state index contributed by atoms with van der Waals surface area (Å²) >= 11 is 10.6. The molecule has 1 aromatic rings. The van der Waals surface area contributed by atoms with Gasteiger partial charge in [-0.1, -0.05) is 29.9 Å². The Bertz CT molecular complexity index is 309. The summed E-state index contributed by atoms with van der Waals surface area (Å²) in [6.45, 7) is 2.00. The molecule has 0 spiro atoms. The van der Waals surface area contributed by atoms with Crippen LogP contribution in [-0.2, 0) is 6.42 Å². The van der Waals surface area contributed by atoms with Crippen LogP contribution in [0.2, 0.25) is 5.02 Å². The van der Waals surface area contributed by atoms with Crippen molar-refractivity contribution in [2.75, 3.05) is 0 Å². The molecule has 0 aromatic heterocycles. The Morgan fingerprint density at radius 3 is 2.75 bits per heavy atom. The third-order valence-corrected chi connectivity index (χ3v) is 2.05. The highest BCUT2D eigenvalue weighted by atomic mass is 35.5. The predicted molar refractivity (Wildman–Crippen MR) is 56.7 cm³/mol. The van der Waals surface area contributed by atoms with E-state index in [2.05, 4.69) is 0 Å². The Hall–Kier alpha value is -0.600. The maximum atomic E-state index is 5.79. The quantitative estimate of drug-likeness (QED) is 0.741. The van der Waals surface area contributed by atoms with Crippen molar-refractivity contribution in [3.8, 4) is 0 Å². The van der Waals surface area contributed by atoms with Gasteiger partial charge < -0.3 is 5.73 Å². The third-order valence-electron chi connectivity index (χ3n) is 1.67. The van der Waals surface area contributed by atoms with E-state index in [1.807, 2.05) is 25.1 Å². The van der Waals surface area contributed by atoms with Gasteiger partial charge in [0, 0.05) is 11.4 Å². The lowest BCUT2D eigenvalue weighted by Gasteiger charge is -2.03. The molecular formula is C9H10ClNS. The van der Waals surface area contributed by atoms with Gasteiger partial charge in [0.15, 0.2) is 0 Å². The molecule has 1 nitrogen and oxygen atoms in total. The fourth-order valence-corrected chi connectivity index (χ4v) is 1.43. The van der Waals surface area contributed by atoms with Crippen molar-refractivity contribution >= 4 is 28.8 Å². The van der Waals surface area contributed by atoms with Crippen molar-refractivity contribution in [2.24, 2.45) is 5.73 Å². The largest absolute Gasteiger partial charge is 0.393 e. The van der Waals surface area contributed by atoms with Crippen molar-refractivity contribution in [2.45, 2.75) is 13.3 Å². The number of halogens is 1. The Labute approximate surface area is 82.5 Å². The molecule has 0 aliphatic rings. The number of thiocarbonyl (C=S) groups is 1. The maximum absolute atomic E-state index is 5.79. The second-order valence-corrected chi connectivity index (χ2v) is 3.67. The molecule has 0 bridgehead atoms. The minimum Gasteiger partial charge on any atom is -0.393 e. The smallest absolute Gasteiger partial charge is 0.0771 e.